The maximum absolute atomic E-state index is 13.2. The molecule has 1 saturated carbocycles. The molecular formula is C16H19F3O. The monoisotopic (exact) mass is 284 g/mol. The van der Waals surface area contributed by atoms with Crippen LogP contribution in [0.2, 0.25) is 0 Å². The molecule has 2 rings (SSSR count). The highest BCUT2D eigenvalue weighted by atomic mass is 19.3. The average molecular weight is 284 g/mol. The maximum Gasteiger partial charge on any atom is 0.301 e. The predicted octanol–water partition coefficient (Wildman–Crippen LogP) is 5.44. The molecule has 1 fully saturated rings. The lowest BCUT2D eigenvalue weighted by atomic mass is 9.78. The summed E-state index contributed by atoms with van der Waals surface area (Å²) in [5.74, 6) is -0.648. The van der Waals surface area contributed by atoms with Crippen molar-refractivity contribution in [1.82, 2.24) is 0 Å². The van der Waals surface area contributed by atoms with E-state index < -0.39 is 17.8 Å². The molecule has 0 amide bonds. The number of hydrogen-bond donors (Lipinski definition) is 0. The first kappa shape index (κ1) is 14.9. The fourth-order valence-corrected chi connectivity index (χ4v) is 2.84. The molecule has 110 valence electrons. The smallest absolute Gasteiger partial charge is 0.301 e. The largest absolute Gasteiger partial charge is 0.494 e. The number of rotatable bonds is 4. The van der Waals surface area contributed by atoms with E-state index in [-0.39, 0.29) is 0 Å². The van der Waals surface area contributed by atoms with E-state index in [1.807, 2.05) is 31.2 Å². The quantitative estimate of drug-likeness (QED) is 0.715. The Morgan fingerprint density at radius 1 is 1.05 bits per heavy atom. The summed E-state index contributed by atoms with van der Waals surface area (Å²) in [6, 6.07) is 7.87. The molecule has 0 saturated heterocycles. The van der Waals surface area contributed by atoms with Crippen molar-refractivity contribution in [3.05, 3.63) is 41.7 Å². The molecule has 0 radical (unpaired) electrons. The zero-order valence-electron chi connectivity index (χ0n) is 11.5. The molecule has 1 aromatic rings. The Morgan fingerprint density at radius 3 is 2.15 bits per heavy atom. The summed E-state index contributed by atoms with van der Waals surface area (Å²) in [4.78, 5) is 0. The summed E-state index contributed by atoms with van der Waals surface area (Å²) in [6.07, 6.45) is 0.315. The summed E-state index contributed by atoms with van der Waals surface area (Å²) < 4.78 is 43.1. The normalized spacial score (nSPS) is 22.4. The SMILES string of the molecule is CCOc1ccc(C2CCC(C(F)=C(F)F)CC2)cc1. The van der Waals surface area contributed by atoms with E-state index in [4.69, 9.17) is 4.74 Å². The van der Waals surface area contributed by atoms with Gasteiger partial charge in [0, 0.05) is 5.92 Å². The zero-order chi connectivity index (χ0) is 14.5. The van der Waals surface area contributed by atoms with Gasteiger partial charge >= 0.3 is 6.08 Å². The molecule has 20 heavy (non-hydrogen) atoms. The Balaban J connectivity index is 1.95. The van der Waals surface area contributed by atoms with Crippen LogP contribution in [0.1, 0.15) is 44.1 Å². The van der Waals surface area contributed by atoms with Crippen molar-refractivity contribution in [2.75, 3.05) is 6.61 Å². The summed E-state index contributed by atoms with van der Waals surface area (Å²) in [5, 5.41) is 0. The lowest BCUT2D eigenvalue weighted by Crippen LogP contribution is -2.14. The van der Waals surface area contributed by atoms with Crippen molar-refractivity contribution in [3.8, 4) is 5.75 Å². The van der Waals surface area contributed by atoms with Gasteiger partial charge in [-0.3, -0.25) is 0 Å². The third kappa shape index (κ3) is 3.56. The third-order valence-electron chi connectivity index (χ3n) is 3.93. The Bertz CT molecular complexity index is 455. The highest BCUT2D eigenvalue weighted by Crippen LogP contribution is 2.40. The van der Waals surface area contributed by atoms with E-state index in [0.29, 0.717) is 25.4 Å². The fourth-order valence-electron chi connectivity index (χ4n) is 2.84. The third-order valence-corrected chi connectivity index (χ3v) is 3.93. The number of halogens is 3. The van der Waals surface area contributed by atoms with Crippen molar-refractivity contribution >= 4 is 0 Å². The lowest BCUT2D eigenvalue weighted by Gasteiger charge is -2.27. The van der Waals surface area contributed by atoms with Crippen molar-refractivity contribution in [1.29, 1.82) is 0 Å². The molecule has 1 aromatic carbocycles. The topological polar surface area (TPSA) is 9.23 Å². The van der Waals surface area contributed by atoms with Crippen LogP contribution in [-0.2, 0) is 0 Å². The van der Waals surface area contributed by atoms with E-state index >= 15 is 0 Å². The van der Waals surface area contributed by atoms with Crippen molar-refractivity contribution < 1.29 is 17.9 Å². The van der Waals surface area contributed by atoms with Crippen LogP contribution >= 0.6 is 0 Å². The number of allylic oxidation sites excluding steroid dienone is 1. The van der Waals surface area contributed by atoms with Gasteiger partial charge in [0.05, 0.1) is 6.61 Å². The molecule has 0 bridgehead atoms. The Morgan fingerprint density at radius 2 is 1.65 bits per heavy atom. The first-order valence-corrected chi connectivity index (χ1v) is 7.05. The van der Waals surface area contributed by atoms with E-state index in [9.17, 15) is 13.2 Å². The summed E-state index contributed by atoms with van der Waals surface area (Å²) in [6.45, 7) is 2.56. The molecule has 1 aliphatic carbocycles. The summed E-state index contributed by atoms with van der Waals surface area (Å²) in [5.41, 5.74) is 1.18. The molecule has 1 aliphatic rings. The van der Waals surface area contributed by atoms with E-state index in [0.717, 1.165) is 18.6 Å². The second-order valence-corrected chi connectivity index (χ2v) is 5.16. The van der Waals surface area contributed by atoms with Gasteiger partial charge in [0.15, 0.2) is 5.83 Å². The van der Waals surface area contributed by atoms with Crippen molar-refractivity contribution in [2.45, 2.75) is 38.5 Å². The second kappa shape index (κ2) is 6.82. The number of hydrogen-bond acceptors (Lipinski definition) is 1. The zero-order valence-corrected chi connectivity index (χ0v) is 11.5. The van der Waals surface area contributed by atoms with Gasteiger partial charge in [-0.1, -0.05) is 12.1 Å². The van der Waals surface area contributed by atoms with E-state index in [1.54, 1.807) is 0 Å². The molecule has 0 spiro atoms. The molecule has 0 unspecified atom stereocenters. The highest BCUT2D eigenvalue weighted by Gasteiger charge is 2.27. The van der Waals surface area contributed by atoms with Gasteiger partial charge in [0.25, 0.3) is 0 Å². The molecule has 0 aliphatic heterocycles. The minimum Gasteiger partial charge on any atom is -0.494 e. The van der Waals surface area contributed by atoms with Crippen LogP contribution < -0.4 is 4.74 Å². The highest BCUT2D eigenvalue weighted by molar-refractivity contribution is 5.29. The van der Waals surface area contributed by atoms with Gasteiger partial charge in [-0.05, 0) is 56.2 Å². The van der Waals surface area contributed by atoms with Crippen LogP contribution in [0.15, 0.2) is 36.2 Å². The Labute approximate surface area is 117 Å². The molecule has 0 atom stereocenters. The van der Waals surface area contributed by atoms with Crippen LogP contribution in [0.4, 0.5) is 13.2 Å². The molecule has 0 N–H and O–H groups in total. The van der Waals surface area contributed by atoms with Gasteiger partial charge in [0.2, 0.25) is 0 Å². The first-order valence-electron chi connectivity index (χ1n) is 7.05. The lowest BCUT2D eigenvalue weighted by molar-refractivity contribution is 0.281. The van der Waals surface area contributed by atoms with Gasteiger partial charge in [-0.2, -0.15) is 8.78 Å². The van der Waals surface area contributed by atoms with Crippen molar-refractivity contribution in [3.63, 3.8) is 0 Å². The van der Waals surface area contributed by atoms with Crippen LogP contribution in [0, 0.1) is 5.92 Å². The van der Waals surface area contributed by atoms with Gasteiger partial charge in [-0.25, -0.2) is 4.39 Å². The molecular weight excluding hydrogens is 265 g/mol. The van der Waals surface area contributed by atoms with Crippen LogP contribution in [-0.4, -0.2) is 6.61 Å². The van der Waals surface area contributed by atoms with Crippen LogP contribution in [0.25, 0.3) is 0 Å². The minimum absolute atomic E-state index is 0.331. The second-order valence-electron chi connectivity index (χ2n) is 5.16. The number of benzene rings is 1. The van der Waals surface area contributed by atoms with Crippen molar-refractivity contribution in [2.24, 2.45) is 5.92 Å². The van der Waals surface area contributed by atoms with Gasteiger partial charge in [0.1, 0.15) is 5.75 Å². The molecule has 0 heterocycles. The number of ether oxygens (including phenoxy) is 1. The Hall–Kier alpha value is -1.45. The average Bonchev–Trinajstić information content (AvgIpc) is 2.48. The molecule has 4 heteroatoms. The Kier molecular flexibility index (Phi) is 5.10. The summed E-state index contributed by atoms with van der Waals surface area (Å²) in [7, 11) is 0. The minimum atomic E-state index is -2.16. The first-order chi connectivity index (χ1) is 9.61. The fraction of sp³-hybridized carbons (Fsp3) is 0.500. The van der Waals surface area contributed by atoms with Crippen LogP contribution in [0.5, 0.6) is 5.75 Å². The van der Waals surface area contributed by atoms with Crippen LogP contribution in [0.3, 0.4) is 0 Å². The standard InChI is InChI=1S/C16H19F3O/c1-2-20-14-9-7-12(8-10-14)11-3-5-13(6-4-11)15(17)16(18)19/h7-11,13H,2-6H2,1H3. The molecule has 1 nitrogen and oxygen atoms in total. The van der Waals surface area contributed by atoms with E-state index in [2.05, 4.69) is 0 Å². The van der Waals surface area contributed by atoms with E-state index in [1.165, 1.54) is 5.56 Å². The molecule has 0 aromatic heterocycles. The van der Waals surface area contributed by atoms with Gasteiger partial charge in [-0.15, -0.1) is 0 Å². The predicted molar refractivity (Wildman–Crippen MR) is 72.7 cm³/mol. The van der Waals surface area contributed by atoms with Gasteiger partial charge < -0.3 is 4.74 Å². The summed E-state index contributed by atoms with van der Waals surface area (Å²) >= 11 is 0. The maximum atomic E-state index is 13.2.